The van der Waals surface area contributed by atoms with Crippen LogP contribution in [0.4, 0.5) is 0 Å². The molecular formula is C9H10ClNO2. The zero-order valence-corrected chi connectivity index (χ0v) is 7.75. The van der Waals surface area contributed by atoms with Gasteiger partial charge in [-0.05, 0) is 12.1 Å². The zero-order valence-electron chi connectivity index (χ0n) is 7.00. The number of amides is 1. The molecule has 1 rings (SSSR count). The Labute approximate surface area is 81.4 Å². The summed E-state index contributed by atoms with van der Waals surface area (Å²) >= 11 is 5.80. The van der Waals surface area contributed by atoms with Crippen molar-refractivity contribution in [2.24, 2.45) is 5.73 Å². The summed E-state index contributed by atoms with van der Waals surface area (Å²) in [5.41, 5.74) is 4.94. The standard InChI is InChI=1S/C9H10ClNO2/c10-7-3-1-2-4-8(7)13-6-5-9(11)12/h1-4H,5-6H2,(H2,11,12). The van der Waals surface area contributed by atoms with Gasteiger partial charge in [-0.15, -0.1) is 0 Å². The van der Waals surface area contributed by atoms with Crippen molar-refractivity contribution in [1.29, 1.82) is 0 Å². The van der Waals surface area contributed by atoms with Crippen molar-refractivity contribution in [1.82, 2.24) is 0 Å². The summed E-state index contributed by atoms with van der Waals surface area (Å²) in [5.74, 6) is 0.192. The van der Waals surface area contributed by atoms with Crippen molar-refractivity contribution in [3.63, 3.8) is 0 Å². The van der Waals surface area contributed by atoms with E-state index in [-0.39, 0.29) is 18.9 Å². The summed E-state index contributed by atoms with van der Waals surface area (Å²) < 4.78 is 5.21. The van der Waals surface area contributed by atoms with Crippen LogP contribution >= 0.6 is 11.6 Å². The molecule has 0 unspecified atom stereocenters. The molecule has 0 spiro atoms. The Kier molecular flexibility index (Phi) is 3.58. The topological polar surface area (TPSA) is 52.3 Å². The van der Waals surface area contributed by atoms with Gasteiger partial charge in [-0.25, -0.2) is 0 Å². The van der Waals surface area contributed by atoms with E-state index in [0.29, 0.717) is 10.8 Å². The molecular weight excluding hydrogens is 190 g/mol. The van der Waals surface area contributed by atoms with Gasteiger partial charge >= 0.3 is 0 Å². The summed E-state index contributed by atoms with van der Waals surface area (Å²) in [6.45, 7) is 0.263. The van der Waals surface area contributed by atoms with Gasteiger partial charge < -0.3 is 10.5 Å². The Balaban J connectivity index is 2.45. The molecule has 0 aliphatic heterocycles. The molecule has 0 saturated carbocycles. The van der Waals surface area contributed by atoms with Gasteiger partial charge in [0.25, 0.3) is 0 Å². The van der Waals surface area contributed by atoms with Crippen LogP contribution in [0.5, 0.6) is 5.75 Å². The quantitative estimate of drug-likeness (QED) is 0.801. The number of para-hydroxylation sites is 1. The number of carbonyl (C=O) groups is 1. The minimum absolute atomic E-state index is 0.200. The van der Waals surface area contributed by atoms with Crippen LogP contribution < -0.4 is 10.5 Å². The molecule has 0 atom stereocenters. The van der Waals surface area contributed by atoms with Gasteiger partial charge in [-0.3, -0.25) is 4.79 Å². The number of hydrogen-bond acceptors (Lipinski definition) is 2. The number of carbonyl (C=O) groups excluding carboxylic acids is 1. The van der Waals surface area contributed by atoms with Crippen molar-refractivity contribution >= 4 is 17.5 Å². The number of ether oxygens (including phenoxy) is 1. The maximum Gasteiger partial charge on any atom is 0.220 e. The highest BCUT2D eigenvalue weighted by Crippen LogP contribution is 2.22. The van der Waals surface area contributed by atoms with E-state index in [4.69, 9.17) is 22.1 Å². The average molecular weight is 200 g/mol. The monoisotopic (exact) mass is 199 g/mol. The predicted molar refractivity (Wildman–Crippen MR) is 50.8 cm³/mol. The highest BCUT2D eigenvalue weighted by Gasteiger charge is 2.00. The van der Waals surface area contributed by atoms with Gasteiger partial charge in [-0.1, -0.05) is 23.7 Å². The van der Waals surface area contributed by atoms with Gasteiger partial charge in [0.05, 0.1) is 18.1 Å². The van der Waals surface area contributed by atoms with Crippen LogP contribution in [-0.4, -0.2) is 12.5 Å². The molecule has 1 aromatic rings. The molecule has 0 bridgehead atoms. The third-order valence-corrected chi connectivity index (χ3v) is 1.75. The van der Waals surface area contributed by atoms with Crippen LogP contribution in [0, 0.1) is 0 Å². The number of benzene rings is 1. The first-order valence-corrected chi connectivity index (χ1v) is 4.23. The van der Waals surface area contributed by atoms with Crippen LogP contribution in [0.3, 0.4) is 0 Å². The zero-order chi connectivity index (χ0) is 9.68. The summed E-state index contributed by atoms with van der Waals surface area (Å²) in [4.78, 5) is 10.4. The second kappa shape index (κ2) is 4.72. The normalized spacial score (nSPS) is 9.62. The molecule has 1 aromatic carbocycles. The van der Waals surface area contributed by atoms with E-state index in [1.54, 1.807) is 12.1 Å². The lowest BCUT2D eigenvalue weighted by atomic mass is 10.3. The molecule has 13 heavy (non-hydrogen) atoms. The maximum atomic E-state index is 10.4. The van der Waals surface area contributed by atoms with E-state index >= 15 is 0 Å². The van der Waals surface area contributed by atoms with Crippen LogP contribution in [0.1, 0.15) is 6.42 Å². The highest BCUT2D eigenvalue weighted by atomic mass is 35.5. The van der Waals surface area contributed by atoms with Crippen molar-refractivity contribution in [2.75, 3.05) is 6.61 Å². The van der Waals surface area contributed by atoms with Crippen LogP contribution in [0.15, 0.2) is 24.3 Å². The molecule has 0 heterocycles. The van der Waals surface area contributed by atoms with Gasteiger partial charge in [0.2, 0.25) is 5.91 Å². The van der Waals surface area contributed by atoms with Crippen molar-refractivity contribution in [3.8, 4) is 5.75 Å². The molecule has 4 heteroatoms. The second-order valence-electron chi connectivity index (χ2n) is 2.50. The summed E-state index contributed by atoms with van der Waals surface area (Å²) in [5, 5.41) is 0.534. The van der Waals surface area contributed by atoms with E-state index < -0.39 is 0 Å². The number of rotatable bonds is 4. The van der Waals surface area contributed by atoms with Gasteiger partial charge in [0, 0.05) is 0 Å². The number of halogens is 1. The van der Waals surface area contributed by atoms with Crippen LogP contribution in [-0.2, 0) is 4.79 Å². The highest BCUT2D eigenvalue weighted by molar-refractivity contribution is 6.32. The largest absolute Gasteiger partial charge is 0.491 e. The molecule has 1 amide bonds. The fourth-order valence-electron chi connectivity index (χ4n) is 0.823. The lowest BCUT2D eigenvalue weighted by Crippen LogP contribution is -2.14. The van der Waals surface area contributed by atoms with Crippen molar-refractivity contribution in [3.05, 3.63) is 29.3 Å². The fourth-order valence-corrected chi connectivity index (χ4v) is 1.01. The Morgan fingerprint density at radius 1 is 1.46 bits per heavy atom. The van der Waals surface area contributed by atoms with Crippen molar-refractivity contribution < 1.29 is 9.53 Å². The second-order valence-corrected chi connectivity index (χ2v) is 2.90. The van der Waals surface area contributed by atoms with E-state index in [0.717, 1.165) is 0 Å². The molecule has 0 aliphatic rings. The first-order chi connectivity index (χ1) is 6.20. The lowest BCUT2D eigenvalue weighted by molar-refractivity contribution is -0.118. The van der Waals surface area contributed by atoms with E-state index in [1.807, 2.05) is 12.1 Å². The Hall–Kier alpha value is -1.22. The Morgan fingerprint density at radius 3 is 2.77 bits per heavy atom. The molecule has 0 radical (unpaired) electrons. The molecule has 2 N–H and O–H groups in total. The number of hydrogen-bond donors (Lipinski definition) is 1. The molecule has 0 saturated heterocycles. The molecule has 3 nitrogen and oxygen atoms in total. The van der Waals surface area contributed by atoms with Gasteiger partial charge in [0.1, 0.15) is 5.75 Å². The summed E-state index contributed by atoms with van der Waals surface area (Å²) in [6, 6.07) is 7.08. The summed E-state index contributed by atoms with van der Waals surface area (Å²) in [6.07, 6.45) is 0.200. The predicted octanol–water partition coefficient (Wildman–Crippen LogP) is 1.59. The van der Waals surface area contributed by atoms with Gasteiger partial charge in [-0.2, -0.15) is 0 Å². The number of nitrogens with two attached hydrogens (primary N) is 1. The minimum atomic E-state index is -0.382. The third kappa shape index (κ3) is 3.34. The molecule has 70 valence electrons. The Bertz CT molecular complexity index is 301. The summed E-state index contributed by atoms with van der Waals surface area (Å²) in [7, 11) is 0. The van der Waals surface area contributed by atoms with Crippen LogP contribution in [0.2, 0.25) is 5.02 Å². The fraction of sp³-hybridized carbons (Fsp3) is 0.222. The number of primary amides is 1. The third-order valence-electron chi connectivity index (χ3n) is 1.44. The smallest absolute Gasteiger partial charge is 0.220 e. The average Bonchev–Trinajstić information content (AvgIpc) is 2.08. The maximum absolute atomic E-state index is 10.4. The first-order valence-electron chi connectivity index (χ1n) is 3.86. The molecule has 0 aliphatic carbocycles. The minimum Gasteiger partial charge on any atom is -0.491 e. The molecule has 0 aromatic heterocycles. The Morgan fingerprint density at radius 2 is 2.15 bits per heavy atom. The molecule has 0 fully saturated rings. The van der Waals surface area contributed by atoms with E-state index in [2.05, 4.69) is 0 Å². The van der Waals surface area contributed by atoms with Crippen LogP contribution in [0.25, 0.3) is 0 Å². The first kappa shape index (κ1) is 9.86. The lowest BCUT2D eigenvalue weighted by Gasteiger charge is -2.05. The van der Waals surface area contributed by atoms with Gasteiger partial charge in [0.15, 0.2) is 0 Å². The van der Waals surface area contributed by atoms with E-state index in [1.165, 1.54) is 0 Å². The van der Waals surface area contributed by atoms with Crippen molar-refractivity contribution in [2.45, 2.75) is 6.42 Å². The SMILES string of the molecule is NC(=O)CCOc1ccccc1Cl. The van der Waals surface area contributed by atoms with E-state index in [9.17, 15) is 4.79 Å².